The van der Waals surface area contributed by atoms with Crippen molar-refractivity contribution >= 4 is 15.9 Å². The minimum Gasteiger partial charge on any atom is -0.497 e. The van der Waals surface area contributed by atoms with Crippen LogP contribution in [-0.4, -0.2) is 31.7 Å². The molecule has 0 unspecified atom stereocenters. The normalized spacial score (nSPS) is 11.5. The molecule has 0 atom stereocenters. The minimum absolute atomic E-state index is 0.219. The lowest BCUT2D eigenvalue weighted by molar-refractivity contribution is 0.0688. The molecule has 192 valence electrons. The van der Waals surface area contributed by atoms with Gasteiger partial charge in [-0.15, -0.1) is 0 Å². The molecule has 2 aromatic carbocycles. The van der Waals surface area contributed by atoms with Crippen LogP contribution in [0.3, 0.4) is 0 Å². The molecule has 2 heterocycles. The van der Waals surface area contributed by atoms with E-state index in [1.165, 1.54) is 0 Å². The third-order valence-corrected chi connectivity index (χ3v) is 6.60. The van der Waals surface area contributed by atoms with Gasteiger partial charge in [0, 0.05) is 11.8 Å². The first-order valence-electron chi connectivity index (χ1n) is 11.7. The zero-order valence-electron chi connectivity index (χ0n) is 21.7. The van der Waals surface area contributed by atoms with Gasteiger partial charge in [-0.25, -0.2) is 9.97 Å². The second-order valence-corrected chi connectivity index (χ2v) is 10.1. The topological polar surface area (TPSA) is 99.4 Å². The van der Waals surface area contributed by atoms with E-state index < -0.39 is 5.60 Å². The molecule has 0 aliphatic rings. The van der Waals surface area contributed by atoms with E-state index in [0.717, 1.165) is 28.0 Å². The molecule has 0 aliphatic heterocycles. The smallest absolute Gasteiger partial charge is 0.276 e. The van der Waals surface area contributed by atoms with Gasteiger partial charge in [0.15, 0.2) is 5.82 Å². The van der Waals surface area contributed by atoms with Crippen molar-refractivity contribution in [2.24, 2.45) is 0 Å². The molecule has 2 aromatic heterocycles. The molecular weight excluding hydrogens is 536 g/mol. The fraction of sp³-hybridized carbons (Fsp3) is 0.286. The summed E-state index contributed by atoms with van der Waals surface area (Å²) in [6.07, 6.45) is 1.69. The average Bonchev–Trinajstić information content (AvgIpc) is 2.86. The third-order valence-electron chi connectivity index (χ3n) is 5.92. The fourth-order valence-corrected chi connectivity index (χ4v) is 4.28. The molecule has 4 aromatic rings. The third kappa shape index (κ3) is 5.57. The van der Waals surface area contributed by atoms with E-state index in [1.807, 2.05) is 56.3 Å². The van der Waals surface area contributed by atoms with Gasteiger partial charge in [0.2, 0.25) is 5.88 Å². The number of hydrogen-bond donors (Lipinski definition) is 1. The van der Waals surface area contributed by atoms with Crippen LogP contribution in [0.5, 0.6) is 11.6 Å². The van der Waals surface area contributed by atoms with Gasteiger partial charge in [0.05, 0.1) is 18.5 Å². The minimum atomic E-state index is -1.18. The predicted octanol–water partition coefficient (Wildman–Crippen LogP) is 5.19. The van der Waals surface area contributed by atoms with Gasteiger partial charge in [-0.2, -0.15) is 4.98 Å². The number of methoxy groups -OCH3 is 1. The van der Waals surface area contributed by atoms with Crippen LogP contribution in [0.1, 0.15) is 42.2 Å². The first-order chi connectivity index (χ1) is 17.5. The number of aliphatic hydroxyl groups is 1. The molecule has 0 fully saturated rings. The Morgan fingerprint density at radius 3 is 2.51 bits per heavy atom. The van der Waals surface area contributed by atoms with Crippen molar-refractivity contribution in [1.29, 1.82) is 0 Å². The molecule has 8 nitrogen and oxygen atoms in total. The Morgan fingerprint density at radius 1 is 1.05 bits per heavy atom. The van der Waals surface area contributed by atoms with E-state index in [-0.39, 0.29) is 22.5 Å². The lowest BCUT2D eigenvalue weighted by Gasteiger charge is -2.18. The van der Waals surface area contributed by atoms with Crippen molar-refractivity contribution in [2.45, 2.75) is 46.8 Å². The standard InChI is InChI=1S/C28H29BrN4O4/c1-16-10-11-20(24-17(2)14-30-27(32-24)28(4,5)35)13-22(16)33-18(3)31-25(23(29)26(33)34)37-15-19-8-7-9-21(12-19)36-6/h7-14,35H,15H2,1-6H3. The van der Waals surface area contributed by atoms with Gasteiger partial charge < -0.3 is 14.6 Å². The second kappa shape index (κ2) is 10.4. The molecule has 0 radical (unpaired) electrons. The number of nitrogens with zero attached hydrogens (tertiary/aromatic N) is 4. The summed E-state index contributed by atoms with van der Waals surface area (Å²) in [5.41, 5.74) is 3.33. The zero-order chi connectivity index (χ0) is 26.9. The quantitative estimate of drug-likeness (QED) is 0.329. The van der Waals surface area contributed by atoms with Crippen LogP contribution < -0.4 is 15.0 Å². The lowest BCUT2D eigenvalue weighted by Crippen LogP contribution is -2.24. The van der Waals surface area contributed by atoms with Crippen molar-refractivity contribution < 1.29 is 14.6 Å². The summed E-state index contributed by atoms with van der Waals surface area (Å²) in [6.45, 7) is 9.13. The number of halogens is 1. The summed E-state index contributed by atoms with van der Waals surface area (Å²) in [5.74, 6) is 1.75. The summed E-state index contributed by atoms with van der Waals surface area (Å²) in [5, 5.41) is 10.4. The van der Waals surface area contributed by atoms with Crippen LogP contribution in [0, 0.1) is 20.8 Å². The Kier molecular flexibility index (Phi) is 7.47. The summed E-state index contributed by atoms with van der Waals surface area (Å²) in [7, 11) is 1.61. The number of rotatable bonds is 7. The molecule has 1 N–H and O–H groups in total. The van der Waals surface area contributed by atoms with Crippen LogP contribution in [0.15, 0.2) is 57.9 Å². The van der Waals surface area contributed by atoms with Crippen LogP contribution in [0.4, 0.5) is 0 Å². The van der Waals surface area contributed by atoms with Crippen molar-refractivity contribution in [3.8, 4) is 28.6 Å². The van der Waals surface area contributed by atoms with E-state index in [4.69, 9.17) is 9.47 Å². The number of ether oxygens (including phenoxy) is 2. The first kappa shape index (κ1) is 26.5. The van der Waals surface area contributed by atoms with Crippen LogP contribution in [0.25, 0.3) is 16.9 Å². The molecule has 0 aliphatic carbocycles. The Balaban J connectivity index is 1.73. The Hall–Kier alpha value is -3.56. The highest BCUT2D eigenvalue weighted by Crippen LogP contribution is 2.29. The summed E-state index contributed by atoms with van der Waals surface area (Å²) in [6, 6.07) is 13.3. The van der Waals surface area contributed by atoms with Gasteiger partial charge in [-0.1, -0.05) is 24.3 Å². The highest BCUT2D eigenvalue weighted by atomic mass is 79.9. The van der Waals surface area contributed by atoms with E-state index in [9.17, 15) is 9.90 Å². The maximum Gasteiger partial charge on any atom is 0.276 e. The lowest BCUT2D eigenvalue weighted by atomic mass is 10.0. The summed E-state index contributed by atoms with van der Waals surface area (Å²) in [4.78, 5) is 27.0. The van der Waals surface area contributed by atoms with Gasteiger partial charge in [-0.3, -0.25) is 9.36 Å². The number of aromatic nitrogens is 4. The van der Waals surface area contributed by atoms with Crippen LogP contribution in [0.2, 0.25) is 0 Å². The Labute approximate surface area is 224 Å². The van der Waals surface area contributed by atoms with Crippen molar-refractivity contribution in [3.05, 3.63) is 91.8 Å². The van der Waals surface area contributed by atoms with Crippen LogP contribution in [-0.2, 0) is 12.2 Å². The van der Waals surface area contributed by atoms with E-state index in [2.05, 4.69) is 30.9 Å². The number of aryl methyl sites for hydroxylation is 3. The van der Waals surface area contributed by atoms with Gasteiger partial charge in [0.1, 0.15) is 28.3 Å². The van der Waals surface area contributed by atoms with E-state index in [1.54, 1.807) is 38.6 Å². The highest BCUT2D eigenvalue weighted by Gasteiger charge is 2.22. The molecule has 0 amide bonds. The predicted molar refractivity (Wildman–Crippen MR) is 145 cm³/mol. The van der Waals surface area contributed by atoms with E-state index >= 15 is 0 Å². The van der Waals surface area contributed by atoms with Crippen molar-refractivity contribution in [1.82, 2.24) is 19.5 Å². The molecule has 0 saturated heterocycles. The molecule has 0 saturated carbocycles. The SMILES string of the molecule is COc1cccc(COc2nc(C)n(-c3cc(-c4nc(C(C)(C)O)ncc4C)ccc3C)c(=O)c2Br)c1. The maximum atomic E-state index is 13.5. The molecule has 0 bridgehead atoms. The average molecular weight is 565 g/mol. The van der Waals surface area contributed by atoms with Crippen molar-refractivity contribution in [3.63, 3.8) is 0 Å². The Morgan fingerprint density at radius 2 is 1.81 bits per heavy atom. The highest BCUT2D eigenvalue weighted by molar-refractivity contribution is 9.10. The number of hydrogen-bond acceptors (Lipinski definition) is 7. The molecular formula is C28H29BrN4O4. The second-order valence-electron chi connectivity index (χ2n) is 9.34. The fourth-order valence-electron chi connectivity index (χ4n) is 3.90. The van der Waals surface area contributed by atoms with Gasteiger partial charge in [0.25, 0.3) is 5.56 Å². The first-order valence-corrected chi connectivity index (χ1v) is 12.5. The van der Waals surface area contributed by atoms with E-state index in [0.29, 0.717) is 23.0 Å². The molecule has 37 heavy (non-hydrogen) atoms. The van der Waals surface area contributed by atoms with Crippen molar-refractivity contribution in [2.75, 3.05) is 7.11 Å². The maximum absolute atomic E-state index is 13.5. The number of benzene rings is 2. The van der Waals surface area contributed by atoms with Gasteiger partial charge >= 0.3 is 0 Å². The largest absolute Gasteiger partial charge is 0.497 e. The summed E-state index contributed by atoms with van der Waals surface area (Å²) < 4.78 is 12.9. The Bertz CT molecular complexity index is 1530. The monoisotopic (exact) mass is 564 g/mol. The summed E-state index contributed by atoms with van der Waals surface area (Å²) >= 11 is 3.40. The molecule has 9 heteroatoms. The van der Waals surface area contributed by atoms with Gasteiger partial charge in [-0.05, 0) is 85.4 Å². The molecule has 0 spiro atoms. The van der Waals surface area contributed by atoms with Crippen LogP contribution >= 0.6 is 15.9 Å². The zero-order valence-corrected chi connectivity index (χ0v) is 23.3. The molecule has 4 rings (SSSR count).